The van der Waals surface area contributed by atoms with Crippen molar-refractivity contribution < 1.29 is 0 Å². The van der Waals surface area contributed by atoms with Crippen molar-refractivity contribution >= 4 is 56.7 Å². The highest BCUT2D eigenvalue weighted by molar-refractivity contribution is 7.26. The zero-order valence-electron chi connectivity index (χ0n) is 15.1. The highest BCUT2D eigenvalue weighted by Crippen LogP contribution is 2.39. The molecule has 28 heavy (non-hydrogen) atoms. The summed E-state index contributed by atoms with van der Waals surface area (Å²) in [6.45, 7) is 0. The zero-order chi connectivity index (χ0) is 18.8. The van der Waals surface area contributed by atoms with Crippen molar-refractivity contribution in [2.45, 2.75) is 19.3 Å². The molecule has 5 heteroatoms. The quantitative estimate of drug-likeness (QED) is 0.230. The number of aryl methyl sites for hydroxylation is 2. The molecule has 0 aliphatic rings. The summed E-state index contributed by atoms with van der Waals surface area (Å²) in [6.07, 6.45) is 3.56. The lowest BCUT2D eigenvalue weighted by molar-refractivity contribution is 0.842. The first kappa shape index (κ1) is 18.5. The van der Waals surface area contributed by atoms with E-state index in [0.29, 0.717) is 0 Å². The molecule has 0 saturated carbocycles. The van der Waals surface area contributed by atoms with Gasteiger partial charge in [0.1, 0.15) is 0 Å². The molecule has 5 aromatic rings. The summed E-state index contributed by atoms with van der Waals surface area (Å²) in [5.74, 6) is 0. The summed E-state index contributed by atoms with van der Waals surface area (Å²) in [5, 5.41) is 4.30. The minimum atomic E-state index is 1.17. The fourth-order valence-corrected chi connectivity index (χ4v) is 8.03. The molecule has 0 aliphatic heterocycles. The molecule has 0 unspecified atom stereocenters. The molecule has 140 valence electrons. The van der Waals surface area contributed by atoms with Crippen LogP contribution in [-0.4, -0.2) is 0 Å². The van der Waals surface area contributed by atoms with Crippen LogP contribution in [0.1, 0.15) is 16.2 Å². The Hall–Kier alpha value is -1.50. The van der Waals surface area contributed by atoms with Crippen LogP contribution in [0.3, 0.4) is 0 Å². The summed E-state index contributed by atoms with van der Waals surface area (Å²) < 4.78 is 0. The number of hydrogen-bond donors (Lipinski definition) is 0. The second-order valence-corrected chi connectivity index (χ2v) is 11.8. The predicted octanol–water partition coefficient (Wildman–Crippen LogP) is 9.17. The molecule has 0 radical (unpaired) electrons. The minimum Gasteiger partial charge on any atom is -0.143 e. The second kappa shape index (κ2) is 8.47. The number of thiophene rings is 5. The van der Waals surface area contributed by atoms with E-state index in [0.717, 1.165) is 0 Å². The van der Waals surface area contributed by atoms with E-state index in [1.54, 1.807) is 0 Å². The molecule has 0 amide bonds. The molecule has 0 bridgehead atoms. The lowest BCUT2D eigenvalue weighted by Crippen LogP contribution is -1.84. The van der Waals surface area contributed by atoms with Gasteiger partial charge in [-0.05, 0) is 78.6 Å². The first-order valence-electron chi connectivity index (χ1n) is 9.20. The normalized spacial score (nSPS) is 11.3. The zero-order valence-corrected chi connectivity index (χ0v) is 19.2. The van der Waals surface area contributed by atoms with Crippen LogP contribution in [0.25, 0.3) is 29.3 Å². The van der Waals surface area contributed by atoms with E-state index in [-0.39, 0.29) is 0 Å². The molecule has 5 rings (SSSR count). The fourth-order valence-electron chi connectivity index (χ4n) is 3.17. The van der Waals surface area contributed by atoms with Gasteiger partial charge in [-0.15, -0.1) is 56.7 Å². The maximum Gasteiger partial charge on any atom is 0.0449 e. The van der Waals surface area contributed by atoms with Gasteiger partial charge in [0.2, 0.25) is 0 Å². The van der Waals surface area contributed by atoms with Gasteiger partial charge in [0.15, 0.2) is 0 Å². The highest BCUT2D eigenvalue weighted by atomic mass is 32.1. The van der Waals surface area contributed by atoms with Crippen LogP contribution in [0.2, 0.25) is 0 Å². The average molecular weight is 455 g/mol. The van der Waals surface area contributed by atoms with Gasteiger partial charge in [-0.2, -0.15) is 0 Å². The van der Waals surface area contributed by atoms with Crippen LogP contribution in [0.5, 0.6) is 0 Å². The van der Waals surface area contributed by atoms with Gasteiger partial charge in [-0.3, -0.25) is 0 Å². The third-order valence-electron chi connectivity index (χ3n) is 4.55. The smallest absolute Gasteiger partial charge is 0.0449 e. The summed E-state index contributed by atoms with van der Waals surface area (Å²) >= 11 is 9.44. The number of hydrogen-bond acceptors (Lipinski definition) is 5. The Kier molecular flexibility index (Phi) is 5.61. The summed E-state index contributed by atoms with van der Waals surface area (Å²) in [6, 6.07) is 22.4. The Morgan fingerprint density at radius 3 is 1.46 bits per heavy atom. The van der Waals surface area contributed by atoms with Crippen molar-refractivity contribution in [2.24, 2.45) is 0 Å². The van der Waals surface area contributed by atoms with Crippen molar-refractivity contribution in [1.82, 2.24) is 0 Å². The van der Waals surface area contributed by atoms with Gasteiger partial charge in [-0.25, -0.2) is 0 Å². The lowest BCUT2D eigenvalue weighted by atomic mass is 10.2. The van der Waals surface area contributed by atoms with Crippen LogP contribution >= 0.6 is 56.7 Å². The largest absolute Gasteiger partial charge is 0.143 e. The molecule has 0 saturated heterocycles. The third-order valence-corrected chi connectivity index (χ3v) is 10.2. The molecule has 5 aromatic heterocycles. The van der Waals surface area contributed by atoms with Gasteiger partial charge in [0, 0.05) is 39.0 Å². The van der Waals surface area contributed by atoms with E-state index < -0.39 is 0 Å². The van der Waals surface area contributed by atoms with Crippen LogP contribution in [0.15, 0.2) is 71.4 Å². The highest BCUT2D eigenvalue weighted by Gasteiger charge is 2.09. The standard InChI is InChI=1S/C23H18S5/c1(4-16-8-10-20(26-16)18-6-2-14-24-18)5-17-9-11-22(27-17)23-13-12-21(28-23)19-7-3-15-25-19/h2-3,6-15H,1,4-5H2. The van der Waals surface area contributed by atoms with Crippen molar-refractivity contribution in [3.63, 3.8) is 0 Å². The third kappa shape index (κ3) is 4.09. The van der Waals surface area contributed by atoms with E-state index in [9.17, 15) is 0 Å². The minimum absolute atomic E-state index is 1.17. The van der Waals surface area contributed by atoms with Crippen molar-refractivity contribution in [1.29, 1.82) is 0 Å². The SMILES string of the molecule is c1csc(-c2ccc(CCCc3ccc(-c4ccc(-c5cccs5)s4)s3)s2)c1. The molecule has 0 aliphatic carbocycles. The van der Waals surface area contributed by atoms with Crippen LogP contribution in [0, 0.1) is 0 Å². The summed E-state index contributed by atoms with van der Waals surface area (Å²) in [7, 11) is 0. The molecular formula is C23H18S5. The molecule has 0 atom stereocenters. The second-order valence-electron chi connectivity index (χ2n) is 6.50. The summed E-state index contributed by atoms with van der Waals surface area (Å²) in [5.41, 5.74) is 0. The molecule has 0 spiro atoms. The van der Waals surface area contributed by atoms with E-state index in [1.807, 2.05) is 56.7 Å². The van der Waals surface area contributed by atoms with Crippen molar-refractivity contribution in [3.8, 4) is 29.3 Å². The van der Waals surface area contributed by atoms with E-state index in [4.69, 9.17) is 0 Å². The Labute approximate surface area is 185 Å². The van der Waals surface area contributed by atoms with Crippen LogP contribution in [-0.2, 0) is 12.8 Å². The Balaban J connectivity index is 1.19. The molecule has 0 aromatic carbocycles. The first-order chi connectivity index (χ1) is 13.8. The van der Waals surface area contributed by atoms with E-state index in [2.05, 4.69) is 71.4 Å². The molecule has 0 fully saturated rings. The Morgan fingerprint density at radius 1 is 0.464 bits per heavy atom. The average Bonchev–Trinajstić information content (AvgIpc) is 3.54. The van der Waals surface area contributed by atoms with Crippen LogP contribution in [0.4, 0.5) is 0 Å². The maximum atomic E-state index is 2.32. The van der Waals surface area contributed by atoms with Gasteiger partial charge in [0.25, 0.3) is 0 Å². The monoisotopic (exact) mass is 454 g/mol. The first-order valence-corrected chi connectivity index (χ1v) is 13.4. The number of rotatable bonds is 7. The van der Waals surface area contributed by atoms with Gasteiger partial charge >= 0.3 is 0 Å². The van der Waals surface area contributed by atoms with Gasteiger partial charge in [-0.1, -0.05) is 12.1 Å². The molecule has 0 N–H and O–H groups in total. The topological polar surface area (TPSA) is 0 Å². The molecule has 0 nitrogen and oxygen atoms in total. The Bertz CT molecular complexity index is 1140. The van der Waals surface area contributed by atoms with Crippen molar-refractivity contribution in [2.75, 3.05) is 0 Å². The predicted molar refractivity (Wildman–Crippen MR) is 131 cm³/mol. The van der Waals surface area contributed by atoms with E-state index >= 15 is 0 Å². The lowest BCUT2D eigenvalue weighted by Gasteiger charge is -1.97. The van der Waals surface area contributed by atoms with Crippen LogP contribution < -0.4 is 0 Å². The molecular weight excluding hydrogens is 437 g/mol. The fraction of sp³-hybridized carbons (Fsp3) is 0.130. The molecule has 5 heterocycles. The maximum absolute atomic E-state index is 2.32. The van der Waals surface area contributed by atoms with E-state index in [1.165, 1.54) is 58.3 Å². The Morgan fingerprint density at radius 2 is 0.929 bits per heavy atom. The summed E-state index contributed by atoms with van der Waals surface area (Å²) in [4.78, 5) is 11.3. The van der Waals surface area contributed by atoms with Gasteiger partial charge in [0.05, 0.1) is 0 Å². The van der Waals surface area contributed by atoms with Crippen molar-refractivity contribution in [3.05, 3.63) is 81.2 Å². The van der Waals surface area contributed by atoms with Gasteiger partial charge < -0.3 is 0 Å².